The van der Waals surface area contributed by atoms with Crippen molar-refractivity contribution in [1.29, 1.82) is 0 Å². The molecule has 6 heteroatoms. The molecule has 0 unspecified atom stereocenters. The van der Waals surface area contributed by atoms with Gasteiger partial charge in [-0.1, -0.05) is 12.1 Å². The predicted molar refractivity (Wildman–Crippen MR) is 109 cm³/mol. The molecule has 1 aliphatic heterocycles. The normalized spacial score (nSPS) is 22.6. The molecule has 1 heterocycles. The van der Waals surface area contributed by atoms with Gasteiger partial charge in [0.1, 0.15) is 0 Å². The minimum Gasteiger partial charge on any atom is -0.342 e. The molecule has 2 aliphatic rings. The molecule has 152 valence electrons. The minimum atomic E-state index is -0.00331. The monoisotopic (exact) mass is 385 g/mol. The van der Waals surface area contributed by atoms with Crippen LogP contribution in [0.3, 0.4) is 0 Å². The number of anilines is 1. The van der Waals surface area contributed by atoms with E-state index in [-0.39, 0.29) is 23.7 Å². The molecule has 1 saturated carbocycles. The molecule has 1 aromatic rings. The second-order valence-electron chi connectivity index (χ2n) is 7.94. The molecule has 0 N–H and O–H groups in total. The van der Waals surface area contributed by atoms with Gasteiger partial charge in [0.2, 0.25) is 18.2 Å². The van der Waals surface area contributed by atoms with Crippen LogP contribution in [0.15, 0.2) is 24.3 Å². The van der Waals surface area contributed by atoms with Gasteiger partial charge >= 0.3 is 0 Å². The van der Waals surface area contributed by atoms with Gasteiger partial charge in [-0.3, -0.25) is 14.4 Å². The van der Waals surface area contributed by atoms with Gasteiger partial charge in [0.15, 0.2) is 0 Å². The molecule has 0 bridgehead atoms. The lowest BCUT2D eigenvalue weighted by Gasteiger charge is -2.37. The van der Waals surface area contributed by atoms with Crippen LogP contribution in [0, 0.1) is 18.8 Å². The number of carbonyl (C=O) groups excluding carboxylic acids is 3. The van der Waals surface area contributed by atoms with Gasteiger partial charge in [0.25, 0.3) is 0 Å². The average Bonchev–Trinajstić information content (AvgIpc) is 2.74. The fourth-order valence-corrected chi connectivity index (χ4v) is 4.38. The number of aryl methyl sites for hydroxylation is 1. The van der Waals surface area contributed by atoms with Crippen LogP contribution in [0.5, 0.6) is 0 Å². The zero-order chi connectivity index (χ0) is 20.1. The molecule has 0 spiro atoms. The first-order valence-corrected chi connectivity index (χ1v) is 10.4. The predicted octanol–water partition coefficient (Wildman–Crippen LogP) is 2.45. The molecule has 1 saturated heterocycles. The van der Waals surface area contributed by atoms with Gasteiger partial charge in [-0.2, -0.15) is 0 Å². The number of hydrogen-bond acceptors (Lipinski definition) is 3. The molecule has 0 aromatic heterocycles. The highest BCUT2D eigenvalue weighted by Crippen LogP contribution is 2.32. The lowest BCUT2D eigenvalue weighted by atomic mass is 9.80. The summed E-state index contributed by atoms with van der Waals surface area (Å²) in [6.45, 7) is 7.17. The molecule has 1 aliphatic carbocycles. The molecule has 0 radical (unpaired) electrons. The third-order valence-corrected chi connectivity index (χ3v) is 6.10. The van der Waals surface area contributed by atoms with Crippen LogP contribution < -0.4 is 4.90 Å². The van der Waals surface area contributed by atoms with E-state index in [0.29, 0.717) is 32.7 Å². The average molecular weight is 386 g/mol. The molecular formula is C22H31N3O3. The molecule has 6 nitrogen and oxygen atoms in total. The first kappa shape index (κ1) is 20.4. The molecule has 0 atom stereocenters. The minimum absolute atomic E-state index is 0.00331. The fraction of sp³-hybridized carbons (Fsp3) is 0.591. The SMILES string of the molecule is CCN(C(=O)C1CCC(C(=O)N2CCN(C=O)CC2)CC1)c1cccc(C)c1. The van der Waals surface area contributed by atoms with Crippen LogP contribution in [0.1, 0.15) is 38.2 Å². The summed E-state index contributed by atoms with van der Waals surface area (Å²) in [4.78, 5) is 42.2. The van der Waals surface area contributed by atoms with Gasteiger partial charge in [-0.15, -0.1) is 0 Å². The lowest BCUT2D eigenvalue weighted by Crippen LogP contribution is -2.50. The number of rotatable bonds is 5. The number of amides is 3. The third kappa shape index (κ3) is 4.54. The van der Waals surface area contributed by atoms with Crippen LogP contribution in [0.2, 0.25) is 0 Å². The number of piperazine rings is 1. The molecule has 2 fully saturated rings. The molecule has 28 heavy (non-hydrogen) atoms. The van der Waals surface area contributed by atoms with Crippen LogP contribution >= 0.6 is 0 Å². The highest BCUT2D eigenvalue weighted by Gasteiger charge is 2.34. The maximum absolute atomic E-state index is 13.1. The standard InChI is InChI=1S/C22H31N3O3/c1-3-25(20-6-4-5-17(2)15-20)22(28)19-9-7-18(8-10-19)21(27)24-13-11-23(16-26)12-14-24/h4-6,15-16,18-19H,3,7-14H2,1-2H3. The van der Waals surface area contributed by atoms with Gasteiger partial charge in [0.05, 0.1) is 0 Å². The summed E-state index contributed by atoms with van der Waals surface area (Å²) < 4.78 is 0. The Bertz CT molecular complexity index is 705. The van der Waals surface area contributed by atoms with Crippen molar-refractivity contribution in [3.8, 4) is 0 Å². The lowest BCUT2D eigenvalue weighted by molar-refractivity contribution is -0.141. The summed E-state index contributed by atoms with van der Waals surface area (Å²) in [7, 11) is 0. The number of carbonyl (C=O) groups is 3. The Balaban J connectivity index is 1.55. The third-order valence-electron chi connectivity index (χ3n) is 6.10. The maximum Gasteiger partial charge on any atom is 0.230 e. The number of hydrogen-bond donors (Lipinski definition) is 0. The number of nitrogens with zero attached hydrogens (tertiary/aromatic N) is 3. The van der Waals surface area contributed by atoms with Gasteiger partial charge in [-0.05, 0) is 57.2 Å². The van der Waals surface area contributed by atoms with Crippen molar-refractivity contribution >= 4 is 23.9 Å². The second kappa shape index (κ2) is 9.22. The largest absolute Gasteiger partial charge is 0.342 e. The summed E-state index contributed by atoms with van der Waals surface area (Å²) in [6, 6.07) is 8.06. The summed E-state index contributed by atoms with van der Waals surface area (Å²) in [5, 5.41) is 0. The molecule has 1 aromatic carbocycles. The van der Waals surface area contributed by atoms with E-state index in [1.165, 1.54) is 0 Å². The van der Waals surface area contributed by atoms with Crippen molar-refractivity contribution in [2.24, 2.45) is 11.8 Å². The van der Waals surface area contributed by atoms with E-state index in [0.717, 1.165) is 43.3 Å². The smallest absolute Gasteiger partial charge is 0.230 e. The Morgan fingerprint density at radius 1 is 1.07 bits per heavy atom. The van der Waals surface area contributed by atoms with Gasteiger partial charge < -0.3 is 14.7 Å². The van der Waals surface area contributed by atoms with Crippen molar-refractivity contribution in [2.75, 3.05) is 37.6 Å². The van der Waals surface area contributed by atoms with Crippen LogP contribution in [-0.4, -0.2) is 60.7 Å². The van der Waals surface area contributed by atoms with Gasteiger partial charge in [0, 0.05) is 50.2 Å². The van der Waals surface area contributed by atoms with Crippen molar-refractivity contribution < 1.29 is 14.4 Å². The van der Waals surface area contributed by atoms with E-state index < -0.39 is 0 Å². The van der Waals surface area contributed by atoms with E-state index in [2.05, 4.69) is 6.07 Å². The molecule has 3 rings (SSSR count). The fourth-order valence-electron chi connectivity index (χ4n) is 4.38. The van der Waals surface area contributed by atoms with Crippen molar-refractivity contribution in [3.63, 3.8) is 0 Å². The zero-order valence-corrected chi connectivity index (χ0v) is 17.0. The summed E-state index contributed by atoms with van der Waals surface area (Å²) >= 11 is 0. The van der Waals surface area contributed by atoms with Crippen molar-refractivity contribution in [1.82, 2.24) is 9.80 Å². The Labute approximate surface area is 167 Å². The van der Waals surface area contributed by atoms with E-state index in [1.54, 1.807) is 4.90 Å². The Kier molecular flexibility index (Phi) is 6.70. The van der Waals surface area contributed by atoms with E-state index in [9.17, 15) is 14.4 Å². The molecule has 3 amide bonds. The quantitative estimate of drug-likeness (QED) is 0.732. The topological polar surface area (TPSA) is 60.9 Å². The van der Waals surface area contributed by atoms with Crippen LogP contribution in [-0.2, 0) is 14.4 Å². The maximum atomic E-state index is 13.1. The highest BCUT2D eigenvalue weighted by molar-refractivity contribution is 5.95. The van der Waals surface area contributed by atoms with Gasteiger partial charge in [-0.25, -0.2) is 0 Å². The van der Waals surface area contributed by atoms with Crippen molar-refractivity contribution in [2.45, 2.75) is 39.5 Å². The highest BCUT2D eigenvalue weighted by atomic mass is 16.2. The van der Waals surface area contributed by atoms with Crippen LogP contribution in [0.25, 0.3) is 0 Å². The first-order valence-electron chi connectivity index (χ1n) is 10.4. The Morgan fingerprint density at radius 3 is 2.29 bits per heavy atom. The van der Waals surface area contributed by atoms with Crippen molar-refractivity contribution in [3.05, 3.63) is 29.8 Å². The number of benzene rings is 1. The summed E-state index contributed by atoms with van der Waals surface area (Å²) in [6.07, 6.45) is 3.94. The van der Waals surface area contributed by atoms with E-state index in [1.807, 2.05) is 41.8 Å². The second-order valence-corrected chi connectivity index (χ2v) is 7.94. The van der Waals surface area contributed by atoms with E-state index >= 15 is 0 Å². The Morgan fingerprint density at radius 2 is 1.71 bits per heavy atom. The summed E-state index contributed by atoms with van der Waals surface area (Å²) in [5.74, 6) is 0.387. The summed E-state index contributed by atoms with van der Waals surface area (Å²) in [5.41, 5.74) is 2.10. The molecular weight excluding hydrogens is 354 g/mol. The Hall–Kier alpha value is -2.37. The zero-order valence-electron chi connectivity index (χ0n) is 17.0. The first-order chi connectivity index (χ1) is 13.5. The van der Waals surface area contributed by atoms with E-state index in [4.69, 9.17) is 0 Å². The van der Waals surface area contributed by atoms with Crippen LogP contribution in [0.4, 0.5) is 5.69 Å².